The van der Waals surface area contributed by atoms with Gasteiger partial charge in [0.05, 0.1) is 25.5 Å². The van der Waals surface area contributed by atoms with Crippen molar-refractivity contribution in [3.63, 3.8) is 0 Å². The largest absolute Gasteiger partial charge is 0.497 e. The molecule has 0 radical (unpaired) electrons. The van der Waals surface area contributed by atoms with E-state index in [-0.39, 0.29) is 5.02 Å². The maximum Gasteiger partial charge on any atom is 0.418 e. The van der Waals surface area contributed by atoms with Crippen molar-refractivity contribution < 1.29 is 37.0 Å². The summed E-state index contributed by atoms with van der Waals surface area (Å²) in [5.74, 6) is -0.785. The lowest BCUT2D eigenvalue weighted by Crippen LogP contribution is -2.45. The third-order valence-electron chi connectivity index (χ3n) is 6.01. The number of ether oxygens (including phenoxy) is 2. The second-order valence-electron chi connectivity index (χ2n) is 8.26. The smallest absolute Gasteiger partial charge is 0.418 e. The van der Waals surface area contributed by atoms with Crippen molar-refractivity contribution in [2.75, 3.05) is 26.1 Å². The van der Waals surface area contributed by atoms with E-state index in [4.69, 9.17) is 21.1 Å². The normalized spacial score (nSPS) is 14.7. The van der Waals surface area contributed by atoms with Gasteiger partial charge in [-0.25, -0.2) is 4.79 Å². The molecule has 0 atom stereocenters. The van der Waals surface area contributed by atoms with Crippen molar-refractivity contribution >= 4 is 35.1 Å². The molecule has 198 valence electrons. The highest BCUT2D eigenvalue weighted by Crippen LogP contribution is 2.38. The Morgan fingerprint density at radius 1 is 0.947 bits per heavy atom. The standard InChI is InChI=1S/C26H21ClF3N3O5/c1-37-18-8-3-15(4-9-18)25(16-5-10-19(38-2)11-6-16)23(35)33(24(36)32-25)14-22(34)31-21-12-7-17(27)13-20(21)26(28,29)30/h3-13H,14H2,1-2H3,(H,31,34)(H,32,36). The highest BCUT2D eigenvalue weighted by molar-refractivity contribution is 6.30. The molecule has 0 bridgehead atoms. The van der Waals surface area contributed by atoms with Crippen molar-refractivity contribution in [1.82, 2.24) is 10.2 Å². The summed E-state index contributed by atoms with van der Waals surface area (Å²) < 4.78 is 50.7. The number of methoxy groups -OCH3 is 2. The van der Waals surface area contributed by atoms with Gasteiger partial charge in [0.25, 0.3) is 5.91 Å². The zero-order valence-electron chi connectivity index (χ0n) is 20.1. The predicted molar refractivity (Wildman–Crippen MR) is 132 cm³/mol. The second kappa shape index (κ2) is 10.3. The molecule has 1 aliphatic heterocycles. The van der Waals surface area contributed by atoms with Crippen LogP contribution in [0, 0.1) is 0 Å². The Bertz CT molecular complexity index is 1330. The Balaban J connectivity index is 1.67. The molecular formula is C26H21ClF3N3O5. The van der Waals surface area contributed by atoms with Crippen LogP contribution >= 0.6 is 11.6 Å². The Kier molecular flexibility index (Phi) is 7.23. The molecule has 8 nitrogen and oxygen atoms in total. The van der Waals surface area contributed by atoms with Crippen LogP contribution in [-0.4, -0.2) is 43.5 Å². The third kappa shape index (κ3) is 4.97. The van der Waals surface area contributed by atoms with Crippen LogP contribution in [-0.2, 0) is 21.3 Å². The number of hydrogen-bond acceptors (Lipinski definition) is 5. The van der Waals surface area contributed by atoms with Crippen LogP contribution in [0.2, 0.25) is 5.02 Å². The number of hydrogen-bond donors (Lipinski definition) is 2. The molecule has 1 heterocycles. The van der Waals surface area contributed by atoms with E-state index in [9.17, 15) is 27.6 Å². The second-order valence-corrected chi connectivity index (χ2v) is 8.70. The van der Waals surface area contributed by atoms with Gasteiger partial charge in [0.15, 0.2) is 5.54 Å². The van der Waals surface area contributed by atoms with Gasteiger partial charge in [-0.05, 0) is 53.6 Å². The fourth-order valence-corrected chi connectivity index (χ4v) is 4.33. The van der Waals surface area contributed by atoms with E-state index in [1.165, 1.54) is 20.3 Å². The zero-order valence-corrected chi connectivity index (χ0v) is 20.8. The first kappa shape index (κ1) is 26.8. The number of amides is 4. The summed E-state index contributed by atoms with van der Waals surface area (Å²) >= 11 is 5.69. The van der Waals surface area contributed by atoms with Gasteiger partial charge in [-0.15, -0.1) is 0 Å². The maximum absolute atomic E-state index is 13.8. The minimum Gasteiger partial charge on any atom is -0.497 e. The fraction of sp³-hybridized carbons (Fsp3) is 0.192. The molecule has 0 spiro atoms. The van der Waals surface area contributed by atoms with Gasteiger partial charge < -0.3 is 20.1 Å². The van der Waals surface area contributed by atoms with E-state index >= 15 is 0 Å². The van der Waals surface area contributed by atoms with E-state index in [1.807, 2.05) is 0 Å². The topological polar surface area (TPSA) is 97.0 Å². The van der Waals surface area contributed by atoms with E-state index in [0.717, 1.165) is 6.07 Å². The summed E-state index contributed by atoms with van der Waals surface area (Å²) in [5.41, 5.74) is -2.69. The molecule has 1 aliphatic rings. The Morgan fingerprint density at radius 2 is 1.47 bits per heavy atom. The minimum atomic E-state index is -4.80. The lowest BCUT2D eigenvalue weighted by Gasteiger charge is -2.28. The highest BCUT2D eigenvalue weighted by Gasteiger charge is 2.54. The van der Waals surface area contributed by atoms with Gasteiger partial charge in [0.2, 0.25) is 5.91 Å². The molecule has 4 rings (SSSR count). The minimum absolute atomic E-state index is 0.173. The lowest BCUT2D eigenvalue weighted by molar-refractivity contribution is -0.137. The van der Waals surface area contributed by atoms with Crippen LogP contribution in [0.5, 0.6) is 11.5 Å². The van der Waals surface area contributed by atoms with Crippen molar-refractivity contribution in [3.8, 4) is 11.5 Å². The first-order chi connectivity index (χ1) is 18.0. The molecule has 1 fully saturated rings. The summed E-state index contributed by atoms with van der Waals surface area (Å²) in [7, 11) is 2.95. The van der Waals surface area contributed by atoms with Crippen LogP contribution in [0.25, 0.3) is 0 Å². The van der Waals surface area contributed by atoms with Gasteiger partial charge >= 0.3 is 12.2 Å². The molecule has 0 saturated carbocycles. The van der Waals surface area contributed by atoms with Crippen LogP contribution in [0.15, 0.2) is 66.7 Å². The van der Waals surface area contributed by atoms with Gasteiger partial charge in [0, 0.05) is 5.02 Å². The molecule has 2 N–H and O–H groups in total. The van der Waals surface area contributed by atoms with Gasteiger partial charge in [-0.1, -0.05) is 35.9 Å². The first-order valence-corrected chi connectivity index (χ1v) is 11.5. The molecular weight excluding hydrogens is 527 g/mol. The number of carbonyl (C=O) groups excluding carboxylic acids is 3. The summed E-state index contributed by atoms with van der Waals surface area (Å²) in [6.07, 6.45) is -4.80. The van der Waals surface area contributed by atoms with E-state index in [2.05, 4.69) is 10.6 Å². The van der Waals surface area contributed by atoms with Crippen LogP contribution < -0.4 is 20.1 Å². The number of anilines is 1. The quantitative estimate of drug-likeness (QED) is 0.414. The number of urea groups is 1. The molecule has 3 aromatic rings. The Labute approximate surface area is 220 Å². The average molecular weight is 548 g/mol. The monoisotopic (exact) mass is 547 g/mol. The molecule has 0 aromatic heterocycles. The Morgan fingerprint density at radius 3 is 1.95 bits per heavy atom. The molecule has 4 amide bonds. The summed E-state index contributed by atoms with van der Waals surface area (Å²) in [6.45, 7) is -0.835. The van der Waals surface area contributed by atoms with E-state index < -0.39 is 47.4 Å². The zero-order chi connectivity index (χ0) is 27.7. The summed E-state index contributed by atoms with van der Waals surface area (Å²) in [5, 5.41) is 4.62. The van der Waals surface area contributed by atoms with Crippen molar-refractivity contribution in [1.29, 1.82) is 0 Å². The first-order valence-electron chi connectivity index (χ1n) is 11.1. The predicted octanol–water partition coefficient (Wildman–Crippen LogP) is 4.81. The van der Waals surface area contributed by atoms with Crippen LogP contribution in [0.4, 0.5) is 23.7 Å². The lowest BCUT2D eigenvalue weighted by atomic mass is 9.82. The van der Waals surface area contributed by atoms with Crippen molar-refractivity contribution in [3.05, 3.63) is 88.4 Å². The number of carbonyl (C=O) groups is 3. The average Bonchev–Trinajstić information content (AvgIpc) is 3.14. The molecule has 1 saturated heterocycles. The molecule has 0 unspecified atom stereocenters. The summed E-state index contributed by atoms with van der Waals surface area (Å²) in [4.78, 5) is 40.2. The molecule has 38 heavy (non-hydrogen) atoms. The number of halogens is 4. The maximum atomic E-state index is 13.8. The van der Waals surface area contributed by atoms with Crippen molar-refractivity contribution in [2.24, 2.45) is 0 Å². The fourth-order valence-electron chi connectivity index (χ4n) is 4.15. The highest BCUT2D eigenvalue weighted by atomic mass is 35.5. The number of benzene rings is 3. The van der Waals surface area contributed by atoms with Crippen molar-refractivity contribution in [2.45, 2.75) is 11.7 Å². The number of nitrogens with one attached hydrogen (secondary N) is 2. The van der Waals surface area contributed by atoms with Crippen LogP contribution in [0.1, 0.15) is 16.7 Å². The SMILES string of the molecule is COc1ccc(C2(c3ccc(OC)cc3)NC(=O)N(CC(=O)Nc3ccc(Cl)cc3C(F)(F)F)C2=O)cc1. The number of rotatable bonds is 7. The number of alkyl halides is 3. The van der Waals surface area contributed by atoms with E-state index in [0.29, 0.717) is 33.6 Å². The molecule has 12 heteroatoms. The molecule has 0 aliphatic carbocycles. The Hall–Kier alpha value is -4.25. The van der Waals surface area contributed by atoms with Crippen LogP contribution in [0.3, 0.4) is 0 Å². The molecule has 3 aromatic carbocycles. The van der Waals surface area contributed by atoms with E-state index in [1.54, 1.807) is 48.5 Å². The van der Waals surface area contributed by atoms with Gasteiger partial charge in [-0.3, -0.25) is 14.5 Å². The summed E-state index contributed by atoms with van der Waals surface area (Å²) in [6, 6.07) is 14.7. The number of nitrogens with zero attached hydrogens (tertiary/aromatic N) is 1. The van der Waals surface area contributed by atoms with Gasteiger partial charge in [0.1, 0.15) is 18.0 Å². The third-order valence-corrected chi connectivity index (χ3v) is 6.25. The van der Waals surface area contributed by atoms with Gasteiger partial charge in [-0.2, -0.15) is 13.2 Å². The number of imide groups is 1.